The van der Waals surface area contributed by atoms with Crippen molar-refractivity contribution in [1.29, 1.82) is 0 Å². The molecule has 0 N–H and O–H groups in total. The molecule has 3 rings (SSSR count). The van der Waals surface area contributed by atoms with Gasteiger partial charge in [0.05, 0.1) is 25.4 Å². The lowest BCUT2D eigenvalue weighted by molar-refractivity contribution is -0.150. The van der Waals surface area contributed by atoms with Crippen molar-refractivity contribution in [1.82, 2.24) is 0 Å². The van der Waals surface area contributed by atoms with E-state index in [0.717, 1.165) is 58.0 Å². The van der Waals surface area contributed by atoms with Crippen LogP contribution in [0, 0.1) is 23.7 Å². The zero-order chi connectivity index (χ0) is 29.1. The first kappa shape index (κ1) is 32.7. The highest BCUT2D eigenvalue weighted by atomic mass is 79.9. The molecule has 222 valence electrons. The van der Waals surface area contributed by atoms with Crippen LogP contribution in [0.1, 0.15) is 79.0 Å². The first-order chi connectivity index (χ1) is 19.2. The summed E-state index contributed by atoms with van der Waals surface area (Å²) in [6.45, 7) is 3.25. The second-order valence-corrected chi connectivity index (χ2v) is 13.0. The fourth-order valence-electron chi connectivity index (χ4n) is 5.28. The maximum Gasteiger partial charge on any atom is 0.338 e. The van der Waals surface area contributed by atoms with Crippen LogP contribution in [0.25, 0.3) is 0 Å². The van der Waals surface area contributed by atoms with Crippen molar-refractivity contribution < 1.29 is 38.1 Å². The van der Waals surface area contributed by atoms with E-state index in [1.165, 1.54) is 6.92 Å². The van der Waals surface area contributed by atoms with Crippen LogP contribution in [0.5, 0.6) is 0 Å². The van der Waals surface area contributed by atoms with Crippen molar-refractivity contribution in [3.63, 3.8) is 0 Å². The quantitative estimate of drug-likeness (QED) is 0.109. The van der Waals surface area contributed by atoms with E-state index in [1.54, 1.807) is 31.4 Å². The van der Waals surface area contributed by atoms with Gasteiger partial charge in [0.15, 0.2) is 5.78 Å². The van der Waals surface area contributed by atoms with E-state index in [0.29, 0.717) is 36.2 Å². The maximum atomic E-state index is 12.6. The highest BCUT2D eigenvalue weighted by molar-refractivity contribution is 9.12. The summed E-state index contributed by atoms with van der Waals surface area (Å²) in [7, 11) is 1.72. The van der Waals surface area contributed by atoms with Gasteiger partial charge in [0.2, 0.25) is 0 Å². The molecule has 0 saturated heterocycles. The lowest BCUT2D eigenvalue weighted by Gasteiger charge is -2.28. The zero-order valence-electron chi connectivity index (χ0n) is 23.3. The molecule has 2 unspecified atom stereocenters. The minimum Gasteiger partial charge on any atom is -0.465 e. The molecule has 0 radical (unpaired) electrons. The Morgan fingerprint density at radius 2 is 1.00 bits per heavy atom. The minimum absolute atomic E-state index is 0.0504. The first-order valence-corrected chi connectivity index (χ1v) is 15.9. The van der Waals surface area contributed by atoms with Crippen molar-refractivity contribution in [2.45, 2.75) is 67.9 Å². The molecular formula is C30H40Br2O8. The number of ether oxygens (including phenoxy) is 4. The number of carbonyl (C=O) groups excluding carboxylic acids is 4. The molecule has 1 aromatic rings. The molecule has 2 atom stereocenters. The molecule has 2 aliphatic carbocycles. The lowest BCUT2D eigenvalue weighted by Crippen LogP contribution is -2.35. The number of halogens is 2. The molecule has 0 amide bonds. The van der Waals surface area contributed by atoms with Gasteiger partial charge in [-0.2, -0.15) is 0 Å². The molecule has 2 saturated carbocycles. The van der Waals surface area contributed by atoms with Gasteiger partial charge >= 0.3 is 17.9 Å². The van der Waals surface area contributed by atoms with Gasteiger partial charge in [-0.15, -0.1) is 0 Å². The Balaban J connectivity index is 1.29. The van der Waals surface area contributed by atoms with Crippen LogP contribution >= 0.6 is 31.9 Å². The molecule has 8 nitrogen and oxygen atoms in total. The summed E-state index contributed by atoms with van der Waals surface area (Å²) in [5, 5.41) is 0. The summed E-state index contributed by atoms with van der Waals surface area (Å²) in [6, 6.07) is 6.46. The normalized spacial score (nSPS) is 24.4. The van der Waals surface area contributed by atoms with Gasteiger partial charge in [-0.25, -0.2) is 4.79 Å². The van der Waals surface area contributed by atoms with Crippen LogP contribution in [0.3, 0.4) is 0 Å². The third-order valence-electron chi connectivity index (χ3n) is 7.94. The van der Waals surface area contributed by atoms with Gasteiger partial charge in [-0.1, -0.05) is 44.0 Å². The molecule has 0 heterocycles. The van der Waals surface area contributed by atoms with Crippen molar-refractivity contribution >= 4 is 55.6 Å². The summed E-state index contributed by atoms with van der Waals surface area (Å²) < 4.78 is 21.7. The maximum absolute atomic E-state index is 12.6. The molecular weight excluding hydrogens is 648 g/mol. The molecule has 0 aliphatic heterocycles. The fraction of sp³-hybridized carbons (Fsp3) is 0.667. The van der Waals surface area contributed by atoms with Crippen molar-refractivity contribution in [2.75, 3.05) is 33.5 Å². The number of Topliss-reactive ketones (excluding diaryl/α,β-unsaturated/α-hetero) is 1. The summed E-state index contributed by atoms with van der Waals surface area (Å²) >= 11 is 6.60. The number of methoxy groups -OCH3 is 1. The van der Waals surface area contributed by atoms with Crippen molar-refractivity contribution in [3.8, 4) is 0 Å². The number of carbonyl (C=O) groups is 4. The van der Waals surface area contributed by atoms with Gasteiger partial charge in [0.1, 0.15) is 9.65 Å². The molecule has 0 spiro atoms. The Bertz CT molecular complexity index is 982. The topological polar surface area (TPSA) is 105 Å². The smallest absolute Gasteiger partial charge is 0.338 e. The van der Waals surface area contributed by atoms with Crippen LogP contribution in [-0.4, -0.2) is 66.9 Å². The van der Waals surface area contributed by atoms with E-state index in [2.05, 4.69) is 31.9 Å². The minimum atomic E-state index is -0.835. The van der Waals surface area contributed by atoms with Gasteiger partial charge in [-0.3, -0.25) is 14.4 Å². The number of esters is 3. The average Bonchev–Trinajstić information content (AvgIpc) is 2.98. The predicted molar refractivity (Wildman–Crippen MR) is 157 cm³/mol. The largest absolute Gasteiger partial charge is 0.465 e. The third kappa shape index (κ3) is 10.2. The van der Waals surface area contributed by atoms with Gasteiger partial charge in [-0.05, 0) is 94.1 Å². The Labute approximate surface area is 253 Å². The number of hydrogen-bond donors (Lipinski definition) is 0. The van der Waals surface area contributed by atoms with E-state index >= 15 is 0 Å². The molecule has 2 fully saturated rings. The van der Waals surface area contributed by atoms with Crippen LogP contribution in [-0.2, 0) is 28.5 Å². The van der Waals surface area contributed by atoms with E-state index in [-0.39, 0.29) is 24.2 Å². The van der Waals surface area contributed by atoms with Crippen LogP contribution in [0.15, 0.2) is 24.3 Å². The van der Waals surface area contributed by atoms with Crippen molar-refractivity contribution in [3.05, 3.63) is 35.4 Å². The standard InChI is InChI=1S/C30H40Br2O8/c1-19(33)24-11-13-25(14-12-24)28(34)38-16-21-7-9-23(10-8-21)18-40-30(36)27(32)26(31)29(35)39-17-22-5-3-20(4-6-22)15-37-2/h11-14,20-23,26-27H,3-10,15-18H2,1-2H3. The second-order valence-electron chi connectivity index (χ2n) is 11.0. The van der Waals surface area contributed by atoms with Crippen LogP contribution < -0.4 is 0 Å². The summed E-state index contributed by atoms with van der Waals surface area (Å²) in [4.78, 5) is 47.1. The third-order valence-corrected chi connectivity index (χ3v) is 10.5. The number of rotatable bonds is 13. The van der Waals surface area contributed by atoms with E-state index in [9.17, 15) is 19.2 Å². The fourth-order valence-corrected chi connectivity index (χ4v) is 5.98. The monoisotopic (exact) mass is 686 g/mol. The highest BCUT2D eigenvalue weighted by Gasteiger charge is 2.34. The van der Waals surface area contributed by atoms with E-state index in [1.807, 2.05) is 0 Å². The zero-order valence-corrected chi connectivity index (χ0v) is 26.5. The molecule has 0 bridgehead atoms. The van der Waals surface area contributed by atoms with E-state index in [4.69, 9.17) is 18.9 Å². The van der Waals surface area contributed by atoms with Crippen LogP contribution in [0.4, 0.5) is 0 Å². The van der Waals surface area contributed by atoms with Gasteiger partial charge in [0, 0.05) is 19.3 Å². The highest BCUT2D eigenvalue weighted by Crippen LogP contribution is 2.31. The Morgan fingerprint density at radius 3 is 1.38 bits per heavy atom. The average molecular weight is 688 g/mol. The molecule has 1 aromatic carbocycles. The SMILES string of the molecule is COCC1CCC(COC(=O)C(Br)C(Br)C(=O)OCC2CCC(COC(=O)c3ccc(C(C)=O)cc3)CC2)CC1. The van der Waals surface area contributed by atoms with Gasteiger partial charge in [0.25, 0.3) is 0 Å². The first-order valence-electron chi connectivity index (χ1n) is 14.1. The molecule has 10 heteroatoms. The predicted octanol–water partition coefficient (Wildman–Crippen LogP) is 5.92. The molecule has 2 aliphatic rings. The number of ketones is 1. The number of benzene rings is 1. The Morgan fingerprint density at radius 1 is 0.650 bits per heavy atom. The van der Waals surface area contributed by atoms with Gasteiger partial charge < -0.3 is 18.9 Å². The summed E-state index contributed by atoms with van der Waals surface area (Å²) in [6.07, 6.45) is 7.64. The molecule has 0 aromatic heterocycles. The number of alkyl halides is 2. The molecule has 40 heavy (non-hydrogen) atoms. The van der Waals surface area contributed by atoms with Crippen LogP contribution in [0.2, 0.25) is 0 Å². The number of hydrogen-bond acceptors (Lipinski definition) is 8. The Hall–Kier alpha value is -1.78. The Kier molecular flexibility index (Phi) is 13.6. The lowest BCUT2D eigenvalue weighted by atomic mass is 9.83. The summed E-state index contributed by atoms with van der Waals surface area (Å²) in [5.74, 6) is -0.00289. The van der Waals surface area contributed by atoms with E-state index < -0.39 is 27.6 Å². The summed E-state index contributed by atoms with van der Waals surface area (Å²) in [5.41, 5.74) is 0.981. The van der Waals surface area contributed by atoms with Crippen molar-refractivity contribution in [2.24, 2.45) is 23.7 Å². The second kappa shape index (κ2) is 16.6.